The van der Waals surface area contributed by atoms with Crippen molar-refractivity contribution in [3.05, 3.63) is 81.3 Å². The van der Waals surface area contributed by atoms with Crippen molar-refractivity contribution in [1.29, 1.82) is 0 Å². The SMILES string of the molecule is CCOc1ccc(C(=O)Nc2ccc(N3CCN(C(=O)c4ccco4)CC3)c(Cl)c2)cc1[N+](=O)[O-]. The van der Waals surface area contributed by atoms with Crippen molar-refractivity contribution in [2.45, 2.75) is 6.92 Å². The summed E-state index contributed by atoms with van der Waals surface area (Å²) in [5.41, 5.74) is 1.08. The largest absolute Gasteiger partial charge is 0.487 e. The first-order chi connectivity index (χ1) is 16.9. The average Bonchev–Trinajstić information content (AvgIpc) is 3.39. The molecule has 35 heavy (non-hydrogen) atoms. The van der Waals surface area contributed by atoms with Crippen LogP contribution in [0.2, 0.25) is 5.02 Å². The smallest absolute Gasteiger partial charge is 0.311 e. The van der Waals surface area contributed by atoms with Gasteiger partial charge in [-0.15, -0.1) is 0 Å². The fraction of sp³-hybridized carbons (Fsp3) is 0.250. The van der Waals surface area contributed by atoms with Gasteiger partial charge in [0.1, 0.15) is 0 Å². The lowest BCUT2D eigenvalue weighted by Gasteiger charge is -2.36. The van der Waals surface area contributed by atoms with Gasteiger partial charge in [0.05, 0.1) is 28.5 Å². The molecule has 10 nitrogen and oxygen atoms in total. The number of rotatable bonds is 7. The zero-order valence-corrected chi connectivity index (χ0v) is 19.7. The normalized spacial score (nSPS) is 13.4. The van der Waals surface area contributed by atoms with E-state index in [4.69, 9.17) is 20.8 Å². The van der Waals surface area contributed by atoms with Crippen molar-refractivity contribution < 1.29 is 23.7 Å². The number of nitrogens with zero attached hydrogens (tertiary/aromatic N) is 3. The summed E-state index contributed by atoms with van der Waals surface area (Å²) in [4.78, 5) is 39.7. The molecular weight excluding hydrogens is 476 g/mol. The van der Waals surface area contributed by atoms with Crippen LogP contribution in [0.25, 0.3) is 0 Å². The summed E-state index contributed by atoms with van der Waals surface area (Å²) in [5.74, 6) is -0.236. The first-order valence-electron chi connectivity index (χ1n) is 11.0. The zero-order valence-electron chi connectivity index (χ0n) is 18.9. The minimum Gasteiger partial charge on any atom is -0.487 e. The van der Waals surface area contributed by atoms with Crippen molar-refractivity contribution in [1.82, 2.24) is 4.90 Å². The predicted octanol–water partition coefficient (Wildman–Crippen LogP) is 4.45. The molecule has 0 aliphatic carbocycles. The molecule has 1 N–H and O–H groups in total. The highest BCUT2D eigenvalue weighted by atomic mass is 35.5. The maximum absolute atomic E-state index is 12.7. The molecule has 11 heteroatoms. The minimum atomic E-state index is -0.588. The predicted molar refractivity (Wildman–Crippen MR) is 130 cm³/mol. The van der Waals surface area contributed by atoms with Gasteiger partial charge in [0.2, 0.25) is 0 Å². The summed E-state index contributed by atoms with van der Waals surface area (Å²) in [6.07, 6.45) is 1.47. The van der Waals surface area contributed by atoms with Crippen LogP contribution in [0.3, 0.4) is 0 Å². The molecule has 1 aliphatic rings. The quantitative estimate of drug-likeness (QED) is 0.377. The number of halogens is 1. The number of carbonyl (C=O) groups excluding carboxylic acids is 2. The van der Waals surface area contributed by atoms with Gasteiger partial charge in [-0.2, -0.15) is 0 Å². The maximum atomic E-state index is 12.7. The fourth-order valence-electron chi connectivity index (χ4n) is 3.83. The summed E-state index contributed by atoms with van der Waals surface area (Å²) < 4.78 is 10.4. The van der Waals surface area contributed by atoms with Crippen molar-refractivity contribution in [2.24, 2.45) is 0 Å². The molecule has 1 saturated heterocycles. The number of piperazine rings is 1. The topological polar surface area (TPSA) is 118 Å². The highest BCUT2D eigenvalue weighted by Gasteiger charge is 2.25. The number of ether oxygens (including phenoxy) is 1. The van der Waals surface area contributed by atoms with E-state index in [0.717, 1.165) is 5.69 Å². The minimum absolute atomic E-state index is 0.104. The van der Waals surface area contributed by atoms with Crippen LogP contribution in [-0.2, 0) is 0 Å². The van der Waals surface area contributed by atoms with Gasteiger partial charge in [-0.05, 0) is 49.4 Å². The van der Waals surface area contributed by atoms with Gasteiger partial charge >= 0.3 is 5.69 Å². The third-order valence-electron chi connectivity index (χ3n) is 5.56. The van der Waals surface area contributed by atoms with E-state index in [-0.39, 0.29) is 29.5 Å². The number of nitro groups is 1. The van der Waals surface area contributed by atoms with Crippen molar-refractivity contribution in [3.63, 3.8) is 0 Å². The van der Waals surface area contributed by atoms with E-state index in [0.29, 0.717) is 42.6 Å². The van der Waals surface area contributed by atoms with Crippen molar-refractivity contribution in [2.75, 3.05) is 43.0 Å². The van der Waals surface area contributed by atoms with E-state index in [1.54, 1.807) is 42.2 Å². The number of carbonyl (C=O) groups is 2. The lowest BCUT2D eigenvalue weighted by Crippen LogP contribution is -2.48. The number of nitro benzene ring substituents is 1. The summed E-state index contributed by atoms with van der Waals surface area (Å²) in [6.45, 7) is 4.21. The molecule has 0 unspecified atom stereocenters. The second kappa shape index (κ2) is 10.5. The number of anilines is 2. The van der Waals surface area contributed by atoms with Crippen LogP contribution in [-0.4, -0.2) is 54.4 Å². The Balaban J connectivity index is 1.41. The van der Waals surface area contributed by atoms with Gasteiger partial charge in [0, 0.05) is 43.5 Å². The highest BCUT2D eigenvalue weighted by Crippen LogP contribution is 2.31. The van der Waals surface area contributed by atoms with Gasteiger partial charge in [-0.3, -0.25) is 19.7 Å². The number of nitrogens with one attached hydrogen (secondary N) is 1. The molecule has 1 aliphatic heterocycles. The van der Waals surface area contributed by atoms with Gasteiger partial charge < -0.3 is 24.3 Å². The van der Waals surface area contributed by atoms with E-state index in [2.05, 4.69) is 10.2 Å². The molecule has 1 fully saturated rings. The molecule has 182 valence electrons. The third-order valence-corrected chi connectivity index (χ3v) is 5.87. The number of hydrogen-bond acceptors (Lipinski definition) is 7. The van der Waals surface area contributed by atoms with Gasteiger partial charge in [-0.25, -0.2) is 0 Å². The Morgan fingerprint density at radius 1 is 1.14 bits per heavy atom. The number of furan rings is 1. The number of amides is 2. The molecule has 2 aromatic carbocycles. The molecule has 0 radical (unpaired) electrons. The molecule has 4 rings (SSSR count). The van der Waals surface area contributed by atoms with Crippen LogP contribution in [0.4, 0.5) is 17.1 Å². The molecule has 2 heterocycles. The van der Waals surface area contributed by atoms with E-state index < -0.39 is 10.8 Å². The fourth-order valence-corrected chi connectivity index (χ4v) is 4.13. The standard InChI is InChI=1S/C24H23ClN4O6/c1-2-34-21-8-5-16(14-20(21)29(32)33)23(30)26-17-6-7-19(18(25)15-17)27-9-11-28(12-10-27)24(31)22-4-3-13-35-22/h3-8,13-15H,2,9-12H2,1H3,(H,26,30). The monoisotopic (exact) mass is 498 g/mol. The Morgan fingerprint density at radius 2 is 1.91 bits per heavy atom. The summed E-state index contributed by atoms with van der Waals surface area (Å²) in [5, 5.41) is 14.5. The summed E-state index contributed by atoms with van der Waals surface area (Å²) >= 11 is 6.50. The van der Waals surface area contributed by atoms with Crippen LogP contribution in [0.15, 0.2) is 59.2 Å². The van der Waals surface area contributed by atoms with E-state index in [1.807, 2.05) is 0 Å². The molecule has 0 spiro atoms. The second-order valence-electron chi connectivity index (χ2n) is 7.75. The second-order valence-corrected chi connectivity index (χ2v) is 8.16. The maximum Gasteiger partial charge on any atom is 0.311 e. The molecule has 0 atom stereocenters. The molecule has 3 aromatic rings. The van der Waals surface area contributed by atoms with Crippen LogP contribution in [0, 0.1) is 10.1 Å². The van der Waals surface area contributed by atoms with E-state index in [9.17, 15) is 19.7 Å². The average molecular weight is 499 g/mol. The molecule has 1 aromatic heterocycles. The summed E-state index contributed by atoms with van der Waals surface area (Å²) in [6, 6.07) is 12.5. The molecular formula is C24H23ClN4O6. The number of hydrogen-bond donors (Lipinski definition) is 1. The molecule has 0 bridgehead atoms. The Labute approximate surface area is 206 Å². The number of benzene rings is 2. The van der Waals surface area contributed by atoms with E-state index >= 15 is 0 Å². The zero-order chi connectivity index (χ0) is 24.9. The van der Waals surface area contributed by atoms with Gasteiger partial charge in [-0.1, -0.05) is 11.6 Å². The Hall–Kier alpha value is -4.05. The highest BCUT2D eigenvalue weighted by molar-refractivity contribution is 6.33. The first-order valence-corrected chi connectivity index (χ1v) is 11.3. The Bertz CT molecular complexity index is 1240. The van der Waals surface area contributed by atoms with Crippen molar-refractivity contribution in [3.8, 4) is 5.75 Å². The van der Waals surface area contributed by atoms with E-state index in [1.165, 1.54) is 24.5 Å². The van der Waals surface area contributed by atoms with Crippen LogP contribution in [0.5, 0.6) is 5.75 Å². The first kappa shape index (κ1) is 24.1. The Kier molecular flexibility index (Phi) is 7.21. The summed E-state index contributed by atoms with van der Waals surface area (Å²) in [7, 11) is 0. The lowest BCUT2D eigenvalue weighted by atomic mass is 10.1. The van der Waals surface area contributed by atoms with Crippen LogP contribution >= 0.6 is 11.6 Å². The van der Waals surface area contributed by atoms with Gasteiger partial charge in [0.25, 0.3) is 11.8 Å². The van der Waals surface area contributed by atoms with Gasteiger partial charge in [0.15, 0.2) is 11.5 Å². The molecule has 0 saturated carbocycles. The Morgan fingerprint density at radius 3 is 2.54 bits per heavy atom. The molecule has 2 amide bonds. The third kappa shape index (κ3) is 5.38. The van der Waals surface area contributed by atoms with Crippen LogP contribution < -0.4 is 15.0 Å². The van der Waals surface area contributed by atoms with Crippen LogP contribution in [0.1, 0.15) is 27.8 Å². The lowest BCUT2D eigenvalue weighted by molar-refractivity contribution is -0.385. The van der Waals surface area contributed by atoms with Crippen molar-refractivity contribution >= 4 is 40.5 Å².